The molecular weight excluding hydrogens is 207 g/mol. The Hall–Kier alpha value is -0.910. The van der Waals surface area contributed by atoms with Crippen molar-refractivity contribution < 1.29 is 12.3 Å². The van der Waals surface area contributed by atoms with Crippen LogP contribution in [-0.2, 0) is 16.0 Å². The van der Waals surface area contributed by atoms with Gasteiger partial charge in [0.25, 0.3) is 0 Å². The molecule has 0 bridgehead atoms. The van der Waals surface area contributed by atoms with Crippen LogP contribution in [0.2, 0.25) is 0 Å². The molecule has 0 amide bonds. The highest BCUT2D eigenvalue weighted by Gasteiger charge is 2.25. The summed E-state index contributed by atoms with van der Waals surface area (Å²) in [6.07, 6.45) is 3.77. The molecule has 0 N–H and O–H groups in total. The lowest BCUT2D eigenvalue weighted by atomic mass is 10.3. The third-order valence-electron chi connectivity index (χ3n) is 2.27. The summed E-state index contributed by atoms with van der Waals surface area (Å²) in [5, 5.41) is 4.14. The van der Waals surface area contributed by atoms with Gasteiger partial charge in [-0.15, -0.1) is 3.89 Å². The molecule has 1 aromatic heterocycles. The molecule has 1 saturated carbocycles. The number of halogens is 1. The van der Waals surface area contributed by atoms with Crippen LogP contribution in [0.3, 0.4) is 0 Å². The summed E-state index contributed by atoms with van der Waals surface area (Å²) < 4.78 is 35.0. The van der Waals surface area contributed by atoms with Gasteiger partial charge in [0.2, 0.25) is 0 Å². The van der Waals surface area contributed by atoms with Gasteiger partial charge >= 0.3 is 10.2 Å². The maximum Gasteiger partial charge on any atom is 0.306 e. The minimum Gasteiger partial charge on any atom is -0.269 e. The Morgan fingerprint density at radius 1 is 1.64 bits per heavy atom. The predicted molar refractivity (Wildman–Crippen MR) is 49.0 cm³/mol. The second-order valence-corrected chi connectivity index (χ2v) is 5.00. The van der Waals surface area contributed by atoms with E-state index < -0.39 is 16.0 Å². The van der Waals surface area contributed by atoms with Crippen molar-refractivity contribution in [3.8, 4) is 0 Å². The summed E-state index contributed by atoms with van der Waals surface area (Å²) in [7, 11) is -4.44. The van der Waals surface area contributed by atoms with Crippen LogP contribution in [0.4, 0.5) is 3.89 Å². The van der Waals surface area contributed by atoms with E-state index in [9.17, 15) is 12.3 Å². The minimum atomic E-state index is -4.44. The third kappa shape index (κ3) is 2.12. The Balaban J connectivity index is 2.25. The normalized spacial score (nSPS) is 17.3. The minimum absolute atomic E-state index is 0.393. The van der Waals surface area contributed by atoms with Crippen LogP contribution in [0.1, 0.15) is 30.1 Å². The molecule has 0 unspecified atom stereocenters. The molecule has 1 aliphatic carbocycles. The van der Waals surface area contributed by atoms with Crippen LogP contribution in [0.5, 0.6) is 0 Å². The van der Waals surface area contributed by atoms with E-state index in [0.717, 1.165) is 12.8 Å². The monoisotopic (exact) mass is 218 g/mol. The van der Waals surface area contributed by atoms with Gasteiger partial charge < -0.3 is 0 Å². The lowest BCUT2D eigenvalue weighted by molar-refractivity contribution is 0.551. The molecule has 0 atom stereocenters. The molecule has 0 radical (unpaired) electrons. The SMILES string of the molecule is Cc1nn(C2CC2)cc1CS(=O)(=O)F. The number of nitrogens with zero attached hydrogens (tertiary/aromatic N) is 2. The first-order chi connectivity index (χ1) is 6.46. The van der Waals surface area contributed by atoms with Crippen LogP contribution in [-0.4, -0.2) is 18.2 Å². The van der Waals surface area contributed by atoms with E-state index in [1.165, 1.54) is 0 Å². The van der Waals surface area contributed by atoms with Crippen LogP contribution in [0.15, 0.2) is 6.20 Å². The van der Waals surface area contributed by atoms with Crippen LogP contribution >= 0.6 is 0 Å². The zero-order valence-electron chi connectivity index (χ0n) is 7.77. The average Bonchev–Trinajstić information content (AvgIpc) is 2.77. The van der Waals surface area contributed by atoms with Crippen molar-refractivity contribution in [1.82, 2.24) is 9.78 Å². The Labute approximate surface area is 81.9 Å². The number of aryl methyl sites for hydroxylation is 1. The third-order valence-corrected chi connectivity index (χ3v) is 2.92. The highest BCUT2D eigenvalue weighted by molar-refractivity contribution is 7.85. The van der Waals surface area contributed by atoms with Crippen LogP contribution in [0, 0.1) is 6.92 Å². The summed E-state index contributed by atoms with van der Waals surface area (Å²) in [4.78, 5) is 0. The highest BCUT2D eigenvalue weighted by Crippen LogP contribution is 2.34. The van der Waals surface area contributed by atoms with Crippen LogP contribution < -0.4 is 0 Å². The Morgan fingerprint density at radius 3 is 2.79 bits per heavy atom. The van der Waals surface area contributed by atoms with Gasteiger partial charge in [-0.1, -0.05) is 0 Å². The van der Waals surface area contributed by atoms with E-state index >= 15 is 0 Å². The zero-order chi connectivity index (χ0) is 10.3. The number of rotatable bonds is 3. The van der Waals surface area contributed by atoms with Gasteiger partial charge in [-0.3, -0.25) is 4.68 Å². The molecule has 78 valence electrons. The van der Waals surface area contributed by atoms with Crippen molar-refractivity contribution in [1.29, 1.82) is 0 Å². The maximum absolute atomic E-state index is 12.4. The molecular formula is C8H11FN2O2S. The van der Waals surface area contributed by atoms with Gasteiger partial charge in [-0.25, -0.2) is 0 Å². The molecule has 1 heterocycles. The van der Waals surface area contributed by atoms with Gasteiger partial charge in [0.15, 0.2) is 0 Å². The lowest BCUT2D eigenvalue weighted by Gasteiger charge is -1.93. The number of hydrogen-bond acceptors (Lipinski definition) is 3. The van der Waals surface area contributed by atoms with Gasteiger partial charge in [0.05, 0.1) is 11.7 Å². The summed E-state index contributed by atoms with van der Waals surface area (Å²) in [6.45, 7) is 1.69. The summed E-state index contributed by atoms with van der Waals surface area (Å²) in [5.74, 6) is -0.564. The molecule has 1 fully saturated rings. The molecule has 14 heavy (non-hydrogen) atoms. The summed E-state index contributed by atoms with van der Waals surface area (Å²) in [5.41, 5.74) is 1.05. The van der Waals surface area contributed by atoms with E-state index in [2.05, 4.69) is 5.10 Å². The molecule has 6 heteroatoms. The fourth-order valence-corrected chi connectivity index (χ4v) is 2.03. The molecule has 0 saturated heterocycles. The van der Waals surface area contributed by atoms with Gasteiger partial charge in [-0.05, 0) is 19.8 Å². The molecule has 1 aliphatic rings. The van der Waals surface area contributed by atoms with Crippen LogP contribution in [0.25, 0.3) is 0 Å². The van der Waals surface area contributed by atoms with E-state index in [1.54, 1.807) is 17.8 Å². The first-order valence-electron chi connectivity index (χ1n) is 4.43. The van der Waals surface area contributed by atoms with Crippen molar-refractivity contribution in [2.45, 2.75) is 31.6 Å². The van der Waals surface area contributed by atoms with Gasteiger partial charge in [-0.2, -0.15) is 13.5 Å². The van der Waals surface area contributed by atoms with Gasteiger partial charge in [0, 0.05) is 11.8 Å². The molecule has 0 spiro atoms. The summed E-state index contributed by atoms with van der Waals surface area (Å²) in [6, 6.07) is 0.393. The molecule has 0 aromatic carbocycles. The van der Waals surface area contributed by atoms with E-state index in [4.69, 9.17) is 0 Å². The van der Waals surface area contributed by atoms with Crippen molar-refractivity contribution in [2.75, 3.05) is 0 Å². The Morgan fingerprint density at radius 2 is 2.29 bits per heavy atom. The molecule has 0 aliphatic heterocycles. The van der Waals surface area contributed by atoms with E-state index in [0.29, 0.717) is 17.3 Å². The van der Waals surface area contributed by atoms with E-state index in [1.807, 2.05) is 0 Å². The van der Waals surface area contributed by atoms with Crippen molar-refractivity contribution in [3.05, 3.63) is 17.5 Å². The largest absolute Gasteiger partial charge is 0.306 e. The quantitative estimate of drug-likeness (QED) is 0.719. The topological polar surface area (TPSA) is 52.0 Å². The molecule has 1 aromatic rings. The van der Waals surface area contributed by atoms with E-state index in [-0.39, 0.29) is 0 Å². The van der Waals surface area contributed by atoms with Crippen molar-refractivity contribution in [2.24, 2.45) is 0 Å². The van der Waals surface area contributed by atoms with Gasteiger partial charge in [0.1, 0.15) is 5.75 Å². The second-order valence-electron chi connectivity index (χ2n) is 3.63. The number of hydrogen-bond donors (Lipinski definition) is 0. The maximum atomic E-state index is 12.4. The Kier molecular flexibility index (Phi) is 2.10. The lowest BCUT2D eigenvalue weighted by Crippen LogP contribution is -1.96. The number of aromatic nitrogens is 2. The average molecular weight is 218 g/mol. The first-order valence-corrected chi connectivity index (χ1v) is 5.98. The molecule has 4 nitrogen and oxygen atoms in total. The fourth-order valence-electron chi connectivity index (χ4n) is 1.37. The zero-order valence-corrected chi connectivity index (χ0v) is 8.59. The Bertz CT molecular complexity index is 448. The first kappa shape index (κ1) is 9.64. The fraction of sp³-hybridized carbons (Fsp3) is 0.625. The predicted octanol–water partition coefficient (Wildman–Crippen LogP) is 1.33. The highest BCUT2D eigenvalue weighted by atomic mass is 32.3. The molecule has 2 rings (SSSR count). The smallest absolute Gasteiger partial charge is 0.269 e. The standard InChI is InChI=1S/C8H11FN2O2S/c1-6-7(5-14(9,12)13)4-11(10-6)8-2-3-8/h4,8H,2-3,5H2,1H3. The van der Waals surface area contributed by atoms with Crippen molar-refractivity contribution >= 4 is 10.2 Å². The van der Waals surface area contributed by atoms with Crippen molar-refractivity contribution in [3.63, 3.8) is 0 Å². The second kappa shape index (κ2) is 3.05. The summed E-state index contributed by atoms with van der Waals surface area (Å²) >= 11 is 0.